The summed E-state index contributed by atoms with van der Waals surface area (Å²) in [4.78, 5) is 13.5. The summed E-state index contributed by atoms with van der Waals surface area (Å²) in [5.41, 5.74) is 3.91. The van der Waals surface area contributed by atoms with Gasteiger partial charge in [-0.3, -0.25) is 0 Å². The van der Waals surface area contributed by atoms with Gasteiger partial charge in [0.15, 0.2) is 0 Å². The third-order valence-corrected chi connectivity index (χ3v) is 5.68. The molecule has 3 aromatic rings. The van der Waals surface area contributed by atoms with Crippen LogP contribution < -0.4 is 10.6 Å². The smallest absolute Gasteiger partial charge is 0.223 e. The van der Waals surface area contributed by atoms with Gasteiger partial charge in [0, 0.05) is 42.9 Å². The lowest BCUT2D eigenvalue weighted by Crippen LogP contribution is -2.39. The molecule has 7 heteroatoms. The number of rotatable bonds is 4. The van der Waals surface area contributed by atoms with E-state index in [0.717, 1.165) is 34.5 Å². The average molecular weight is 378 g/mol. The molecule has 0 radical (unpaired) electrons. The molecule has 0 saturated heterocycles. The Labute approximate surface area is 162 Å². The standard InChI is InChI=1S/C21H23FN6/c1-14-9-16(15-3-4-19-23-7-8-28(19)12-15)17-10-25-20(27-18(17)11-24-14)26-13-21(22)5-2-6-21/h3-4,7-10,12,14,24H,2,5-6,11,13H2,1H3,(H,25,26,27)/t14-/m1/s1. The van der Waals surface area contributed by atoms with Gasteiger partial charge in [-0.2, -0.15) is 0 Å². The molecule has 0 spiro atoms. The number of anilines is 1. The minimum Gasteiger partial charge on any atom is -0.351 e. The molecule has 1 aliphatic heterocycles. The lowest BCUT2D eigenvalue weighted by Gasteiger charge is -2.33. The molecule has 5 rings (SSSR count). The molecule has 28 heavy (non-hydrogen) atoms. The first-order chi connectivity index (χ1) is 13.6. The Morgan fingerprint density at radius 2 is 2.21 bits per heavy atom. The van der Waals surface area contributed by atoms with Gasteiger partial charge in [0.2, 0.25) is 5.95 Å². The summed E-state index contributed by atoms with van der Waals surface area (Å²) in [6, 6.07) is 4.28. The summed E-state index contributed by atoms with van der Waals surface area (Å²) in [7, 11) is 0. The Morgan fingerprint density at radius 1 is 1.32 bits per heavy atom. The van der Waals surface area contributed by atoms with E-state index in [2.05, 4.69) is 50.8 Å². The Morgan fingerprint density at radius 3 is 3.04 bits per heavy atom. The first kappa shape index (κ1) is 17.3. The van der Waals surface area contributed by atoms with Gasteiger partial charge in [-0.15, -0.1) is 0 Å². The summed E-state index contributed by atoms with van der Waals surface area (Å²) >= 11 is 0. The fraction of sp³-hybridized carbons (Fsp3) is 0.381. The number of alkyl halides is 1. The van der Waals surface area contributed by atoms with Gasteiger partial charge in [-0.1, -0.05) is 6.08 Å². The Hall–Kier alpha value is -2.80. The summed E-state index contributed by atoms with van der Waals surface area (Å²) < 4.78 is 16.3. The van der Waals surface area contributed by atoms with Crippen molar-refractivity contribution in [3.05, 3.63) is 59.8 Å². The minimum absolute atomic E-state index is 0.197. The number of imidazole rings is 1. The maximum absolute atomic E-state index is 14.3. The number of fused-ring (bicyclic) bond motifs is 2. The van der Waals surface area contributed by atoms with E-state index in [1.54, 1.807) is 6.20 Å². The molecule has 144 valence electrons. The zero-order valence-electron chi connectivity index (χ0n) is 15.8. The lowest BCUT2D eigenvalue weighted by atomic mass is 9.82. The van der Waals surface area contributed by atoms with Crippen molar-refractivity contribution in [3.63, 3.8) is 0 Å². The van der Waals surface area contributed by atoms with Crippen molar-refractivity contribution >= 4 is 17.2 Å². The molecule has 1 aliphatic carbocycles. The molecule has 3 aromatic heterocycles. The monoisotopic (exact) mass is 378 g/mol. The highest BCUT2D eigenvalue weighted by Crippen LogP contribution is 2.35. The van der Waals surface area contributed by atoms with Crippen LogP contribution >= 0.6 is 0 Å². The van der Waals surface area contributed by atoms with E-state index >= 15 is 0 Å². The van der Waals surface area contributed by atoms with Gasteiger partial charge in [0.25, 0.3) is 0 Å². The second kappa shape index (κ2) is 6.67. The van der Waals surface area contributed by atoms with Gasteiger partial charge in [-0.05, 0) is 49.5 Å². The quantitative estimate of drug-likeness (QED) is 0.729. The first-order valence-electron chi connectivity index (χ1n) is 9.77. The second-order valence-corrected chi connectivity index (χ2v) is 7.77. The Kier molecular flexibility index (Phi) is 4.12. The van der Waals surface area contributed by atoms with Crippen LogP contribution in [-0.4, -0.2) is 37.6 Å². The number of aromatic nitrogens is 4. The van der Waals surface area contributed by atoms with E-state index in [9.17, 15) is 4.39 Å². The molecule has 1 saturated carbocycles. The highest BCUT2D eigenvalue weighted by Gasteiger charge is 2.36. The molecule has 0 amide bonds. The number of nitrogens with one attached hydrogen (secondary N) is 2. The predicted molar refractivity (Wildman–Crippen MR) is 107 cm³/mol. The largest absolute Gasteiger partial charge is 0.351 e. The van der Waals surface area contributed by atoms with Crippen LogP contribution in [0.15, 0.2) is 43.0 Å². The van der Waals surface area contributed by atoms with Crippen LogP contribution in [0, 0.1) is 0 Å². The fourth-order valence-corrected chi connectivity index (χ4v) is 3.82. The fourth-order valence-electron chi connectivity index (χ4n) is 3.82. The van der Waals surface area contributed by atoms with E-state index in [4.69, 9.17) is 0 Å². The van der Waals surface area contributed by atoms with E-state index in [1.807, 2.05) is 22.9 Å². The highest BCUT2D eigenvalue weighted by molar-refractivity contribution is 5.81. The van der Waals surface area contributed by atoms with E-state index in [1.165, 1.54) is 0 Å². The molecule has 0 bridgehead atoms. The van der Waals surface area contributed by atoms with Crippen LogP contribution in [0.25, 0.3) is 11.2 Å². The SMILES string of the molecule is C[C@@H]1C=C(c2ccc3nccn3c2)c2cnc(NCC3(F)CCC3)nc2CN1. The van der Waals surface area contributed by atoms with Crippen molar-refractivity contribution in [1.29, 1.82) is 0 Å². The molecule has 6 nitrogen and oxygen atoms in total. The summed E-state index contributed by atoms with van der Waals surface area (Å²) in [6.45, 7) is 3.04. The third-order valence-electron chi connectivity index (χ3n) is 5.68. The van der Waals surface area contributed by atoms with Crippen molar-refractivity contribution in [2.45, 2.75) is 44.4 Å². The van der Waals surface area contributed by atoms with Gasteiger partial charge in [0.1, 0.15) is 11.3 Å². The molecule has 2 aliphatic rings. The van der Waals surface area contributed by atoms with E-state index in [-0.39, 0.29) is 12.6 Å². The molecular weight excluding hydrogens is 355 g/mol. The molecule has 2 N–H and O–H groups in total. The zero-order valence-corrected chi connectivity index (χ0v) is 15.8. The minimum atomic E-state index is -1.10. The van der Waals surface area contributed by atoms with Gasteiger partial charge in [-0.25, -0.2) is 19.3 Å². The number of hydrogen-bond donors (Lipinski definition) is 2. The number of halogens is 1. The Balaban J connectivity index is 1.48. The van der Waals surface area contributed by atoms with Crippen molar-refractivity contribution in [3.8, 4) is 0 Å². The van der Waals surface area contributed by atoms with Crippen molar-refractivity contribution < 1.29 is 4.39 Å². The maximum atomic E-state index is 14.3. The third kappa shape index (κ3) is 3.16. The molecule has 0 aromatic carbocycles. The van der Waals surface area contributed by atoms with Gasteiger partial charge in [0.05, 0.1) is 12.2 Å². The van der Waals surface area contributed by atoms with E-state index in [0.29, 0.717) is 25.3 Å². The lowest BCUT2D eigenvalue weighted by molar-refractivity contribution is 0.0782. The van der Waals surface area contributed by atoms with Crippen LogP contribution in [0.3, 0.4) is 0 Å². The molecule has 1 atom stereocenters. The van der Waals surface area contributed by atoms with Crippen molar-refractivity contribution in [1.82, 2.24) is 24.7 Å². The first-order valence-corrected chi connectivity index (χ1v) is 9.77. The van der Waals surface area contributed by atoms with Crippen LogP contribution in [0.5, 0.6) is 0 Å². The van der Waals surface area contributed by atoms with Crippen LogP contribution in [0.4, 0.5) is 10.3 Å². The summed E-state index contributed by atoms with van der Waals surface area (Å²) in [5, 5.41) is 6.55. The second-order valence-electron chi connectivity index (χ2n) is 7.77. The van der Waals surface area contributed by atoms with Gasteiger partial charge < -0.3 is 15.0 Å². The topological polar surface area (TPSA) is 67.1 Å². The number of nitrogens with zero attached hydrogens (tertiary/aromatic N) is 4. The van der Waals surface area contributed by atoms with Crippen LogP contribution in [-0.2, 0) is 6.54 Å². The van der Waals surface area contributed by atoms with Crippen molar-refractivity contribution in [2.24, 2.45) is 0 Å². The highest BCUT2D eigenvalue weighted by atomic mass is 19.1. The normalized spacial score (nSPS) is 20.8. The van der Waals surface area contributed by atoms with Crippen LogP contribution in [0.1, 0.15) is 43.0 Å². The van der Waals surface area contributed by atoms with Crippen LogP contribution in [0.2, 0.25) is 0 Å². The maximum Gasteiger partial charge on any atom is 0.223 e. The summed E-state index contributed by atoms with van der Waals surface area (Å²) in [5.74, 6) is 0.489. The van der Waals surface area contributed by atoms with Crippen molar-refractivity contribution in [2.75, 3.05) is 11.9 Å². The average Bonchev–Trinajstić information content (AvgIpc) is 3.08. The molecule has 4 heterocycles. The number of hydrogen-bond acceptors (Lipinski definition) is 5. The molecule has 0 unspecified atom stereocenters. The molecular formula is C21H23FN6. The molecule has 1 fully saturated rings. The Bertz CT molecular complexity index is 1050. The number of pyridine rings is 1. The summed E-state index contributed by atoms with van der Waals surface area (Å²) in [6.07, 6.45) is 12.0. The van der Waals surface area contributed by atoms with Gasteiger partial charge >= 0.3 is 0 Å². The zero-order chi connectivity index (χ0) is 19.1. The van der Waals surface area contributed by atoms with E-state index < -0.39 is 5.67 Å². The predicted octanol–water partition coefficient (Wildman–Crippen LogP) is 3.35.